The fourth-order valence-corrected chi connectivity index (χ4v) is 4.30. The molecule has 0 aliphatic carbocycles. The van der Waals surface area contributed by atoms with E-state index in [1.807, 2.05) is 29.2 Å². The molecule has 3 unspecified atom stereocenters. The third-order valence-electron chi connectivity index (χ3n) is 6.13. The summed E-state index contributed by atoms with van der Waals surface area (Å²) in [5, 5.41) is 6.40. The lowest BCUT2D eigenvalue weighted by Crippen LogP contribution is -2.42. The molecule has 0 bridgehead atoms. The van der Waals surface area contributed by atoms with Gasteiger partial charge in [-0.3, -0.25) is 9.59 Å². The molecule has 0 spiro atoms. The lowest BCUT2D eigenvalue weighted by Gasteiger charge is -2.33. The van der Waals surface area contributed by atoms with E-state index in [1.165, 1.54) is 19.3 Å². The molecule has 0 radical (unpaired) electrons. The minimum absolute atomic E-state index is 0. The van der Waals surface area contributed by atoms with Crippen LogP contribution in [0.25, 0.3) is 0 Å². The summed E-state index contributed by atoms with van der Waals surface area (Å²) in [5.74, 6) is 1.10. The quantitative estimate of drug-likeness (QED) is 0.772. The number of carbonyl (C=O) groups is 2. The van der Waals surface area contributed by atoms with Crippen LogP contribution in [0.4, 0.5) is 5.69 Å². The van der Waals surface area contributed by atoms with E-state index in [9.17, 15) is 9.59 Å². The largest absolute Gasteiger partial charge is 0.336 e. The SMILES string of the molecule is CC(CC(=O)Nc1ccc(C(=O)N2CCCCC2C)cc1)C1CCCNC1.Cl. The molecule has 1 aromatic carbocycles. The van der Waals surface area contributed by atoms with Gasteiger partial charge in [-0.25, -0.2) is 0 Å². The Balaban J connectivity index is 0.00000280. The Kier molecular flexibility index (Phi) is 8.77. The van der Waals surface area contributed by atoms with Crippen molar-refractivity contribution in [3.8, 4) is 0 Å². The first-order valence-electron chi connectivity index (χ1n) is 10.5. The molecular formula is C22H34ClN3O2. The fourth-order valence-electron chi connectivity index (χ4n) is 4.30. The first kappa shape index (κ1) is 22.7. The number of likely N-dealkylation sites (tertiary alicyclic amines) is 1. The lowest BCUT2D eigenvalue weighted by molar-refractivity contribution is -0.117. The van der Waals surface area contributed by atoms with Crippen molar-refractivity contribution in [2.75, 3.05) is 25.0 Å². The van der Waals surface area contributed by atoms with Gasteiger partial charge in [0.2, 0.25) is 5.91 Å². The van der Waals surface area contributed by atoms with Crippen molar-refractivity contribution < 1.29 is 9.59 Å². The predicted molar refractivity (Wildman–Crippen MR) is 116 cm³/mol. The van der Waals surface area contributed by atoms with Gasteiger partial charge < -0.3 is 15.5 Å². The van der Waals surface area contributed by atoms with Crippen LogP contribution in [0.15, 0.2) is 24.3 Å². The second-order valence-corrected chi connectivity index (χ2v) is 8.26. The van der Waals surface area contributed by atoms with Crippen LogP contribution in [0, 0.1) is 11.8 Å². The third-order valence-corrected chi connectivity index (χ3v) is 6.13. The molecule has 3 rings (SSSR count). The van der Waals surface area contributed by atoms with Gasteiger partial charge in [-0.15, -0.1) is 12.4 Å². The van der Waals surface area contributed by atoms with Gasteiger partial charge in [-0.1, -0.05) is 6.92 Å². The van der Waals surface area contributed by atoms with Gasteiger partial charge >= 0.3 is 0 Å². The average Bonchev–Trinajstić information content (AvgIpc) is 2.69. The van der Waals surface area contributed by atoms with Crippen molar-refractivity contribution >= 4 is 29.9 Å². The fraction of sp³-hybridized carbons (Fsp3) is 0.636. The van der Waals surface area contributed by atoms with Crippen LogP contribution >= 0.6 is 12.4 Å². The summed E-state index contributed by atoms with van der Waals surface area (Å²) in [7, 11) is 0. The summed E-state index contributed by atoms with van der Waals surface area (Å²) < 4.78 is 0. The molecule has 156 valence electrons. The van der Waals surface area contributed by atoms with Crippen LogP contribution in [0.1, 0.15) is 62.7 Å². The summed E-state index contributed by atoms with van der Waals surface area (Å²) in [5.41, 5.74) is 1.46. The van der Waals surface area contributed by atoms with Crippen LogP contribution in [-0.4, -0.2) is 42.4 Å². The molecule has 2 saturated heterocycles. The molecule has 0 aromatic heterocycles. The van der Waals surface area contributed by atoms with Crippen molar-refractivity contribution in [2.45, 2.75) is 58.4 Å². The molecule has 2 aliphatic rings. The Morgan fingerprint density at radius 3 is 2.57 bits per heavy atom. The van der Waals surface area contributed by atoms with E-state index in [4.69, 9.17) is 0 Å². The highest BCUT2D eigenvalue weighted by Gasteiger charge is 2.24. The number of anilines is 1. The number of piperidine rings is 2. The predicted octanol–water partition coefficient (Wildman–Crippen LogP) is 4.09. The van der Waals surface area contributed by atoms with Gasteiger partial charge in [-0.2, -0.15) is 0 Å². The van der Waals surface area contributed by atoms with Gasteiger partial charge in [-0.05, 0) is 88.2 Å². The number of rotatable bonds is 5. The summed E-state index contributed by atoms with van der Waals surface area (Å²) in [6.45, 7) is 7.23. The summed E-state index contributed by atoms with van der Waals surface area (Å²) in [6.07, 6.45) is 6.30. The molecule has 2 heterocycles. The van der Waals surface area contributed by atoms with Crippen molar-refractivity contribution in [1.29, 1.82) is 0 Å². The first-order chi connectivity index (χ1) is 13.0. The smallest absolute Gasteiger partial charge is 0.254 e. The summed E-state index contributed by atoms with van der Waals surface area (Å²) in [6, 6.07) is 7.64. The number of amides is 2. The molecule has 2 fully saturated rings. The van der Waals surface area contributed by atoms with Crippen LogP contribution in [-0.2, 0) is 4.79 Å². The minimum Gasteiger partial charge on any atom is -0.336 e. The Morgan fingerprint density at radius 1 is 1.18 bits per heavy atom. The highest BCUT2D eigenvalue weighted by atomic mass is 35.5. The number of carbonyl (C=O) groups excluding carboxylic acids is 2. The zero-order valence-corrected chi connectivity index (χ0v) is 17.9. The van der Waals surface area contributed by atoms with Gasteiger partial charge in [0.25, 0.3) is 5.91 Å². The van der Waals surface area contributed by atoms with Crippen LogP contribution in [0.5, 0.6) is 0 Å². The summed E-state index contributed by atoms with van der Waals surface area (Å²) >= 11 is 0. The zero-order valence-electron chi connectivity index (χ0n) is 17.1. The number of halogens is 1. The van der Waals surface area contributed by atoms with Crippen molar-refractivity contribution in [3.63, 3.8) is 0 Å². The van der Waals surface area contributed by atoms with Crippen LogP contribution < -0.4 is 10.6 Å². The zero-order chi connectivity index (χ0) is 19.2. The van der Waals surface area contributed by atoms with Gasteiger partial charge in [0.15, 0.2) is 0 Å². The number of benzene rings is 1. The monoisotopic (exact) mass is 407 g/mol. The number of hydrogen-bond acceptors (Lipinski definition) is 3. The lowest BCUT2D eigenvalue weighted by atomic mass is 9.85. The Bertz CT molecular complexity index is 644. The molecule has 6 heteroatoms. The van der Waals surface area contributed by atoms with Crippen LogP contribution in [0.3, 0.4) is 0 Å². The molecule has 28 heavy (non-hydrogen) atoms. The summed E-state index contributed by atoms with van der Waals surface area (Å²) in [4.78, 5) is 27.0. The highest BCUT2D eigenvalue weighted by molar-refractivity contribution is 5.96. The Morgan fingerprint density at radius 2 is 1.93 bits per heavy atom. The second-order valence-electron chi connectivity index (χ2n) is 8.26. The Labute approximate surface area is 175 Å². The number of hydrogen-bond donors (Lipinski definition) is 2. The topological polar surface area (TPSA) is 61.4 Å². The van der Waals surface area contributed by atoms with Gasteiger partial charge in [0, 0.05) is 30.3 Å². The van der Waals surface area contributed by atoms with Gasteiger partial charge in [0.1, 0.15) is 0 Å². The maximum Gasteiger partial charge on any atom is 0.254 e. The molecule has 2 N–H and O–H groups in total. The van der Waals surface area contributed by atoms with Crippen molar-refractivity contribution in [2.24, 2.45) is 11.8 Å². The normalized spacial score (nSPS) is 23.4. The maximum atomic E-state index is 12.7. The van der Waals surface area contributed by atoms with Crippen molar-refractivity contribution in [1.82, 2.24) is 10.2 Å². The highest BCUT2D eigenvalue weighted by Crippen LogP contribution is 2.23. The Hall–Kier alpha value is -1.59. The van der Waals surface area contributed by atoms with E-state index >= 15 is 0 Å². The molecule has 2 aliphatic heterocycles. The standard InChI is InChI=1S/C22H33N3O2.ClH/c1-16(19-7-5-12-23-15-19)14-21(26)24-20-10-8-18(9-11-20)22(27)25-13-4-3-6-17(25)2;/h8-11,16-17,19,23H,3-7,12-15H2,1-2H3,(H,24,26);1H. The molecule has 1 aromatic rings. The maximum absolute atomic E-state index is 12.7. The average molecular weight is 408 g/mol. The van der Waals surface area contributed by atoms with E-state index in [0.29, 0.717) is 29.9 Å². The van der Waals surface area contributed by atoms with E-state index in [2.05, 4.69) is 24.5 Å². The molecular weight excluding hydrogens is 374 g/mol. The number of nitrogens with one attached hydrogen (secondary N) is 2. The third kappa shape index (κ3) is 5.95. The number of nitrogens with zero attached hydrogens (tertiary/aromatic N) is 1. The first-order valence-corrected chi connectivity index (χ1v) is 10.5. The van der Waals surface area contributed by atoms with Crippen LogP contribution in [0.2, 0.25) is 0 Å². The second kappa shape index (κ2) is 10.8. The van der Waals surface area contributed by atoms with E-state index in [-0.39, 0.29) is 24.2 Å². The van der Waals surface area contributed by atoms with E-state index in [1.54, 1.807) is 0 Å². The minimum atomic E-state index is 0. The van der Waals surface area contributed by atoms with Crippen molar-refractivity contribution in [3.05, 3.63) is 29.8 Å². The molecule has 2 amide bonds. The van der Waals surface area contributed by atoms with E-state index in [0.717, 1.165) is 38.2 Å². The molecule has 3 atom stereocenters. The molecule has 0 saturated carbocycles. The van der Waals surface area contributed by atoms with E-state index < -0.39 is 0 Å². The molecule has 5 nitrogen and oxygen atoms in total. The van der Waals surface area contributed by atoms with Gasteiger partial charge in [0.05, 0.1) is 0 Å².